The lowest BCUT2D eigenvalue weighted by atomic mass is 10.2. The smallest absolute Gasteiger partial charge is 0.412 e. The van der Waals surface area contributed by atoms with Crippen molar-refractivity contribution in [1.82, 2.24) is 9.88 Å². The van der Waals surface area contributed by atoms with Crippen LogP contribution in [0.15, 0.2) is 66.9 Å². The summed E-state index contributed by atoms with van der Waals surface area (Å²) < 4.78 is 20.4. The predicted molar refractivity (Wildman–Crippen MR) is 114 cm³/mol. The van der Waals surface area contributed by atoms with Gasteiger partial charge in [-0.25, -0.2) is 19.0 Å². The van der Waals surface area contributed by atoms with Gasteiger partial charge in [0.1, 0.15) is 17.3 Å². The fourth-order valence-electron chi connectivity index (χ4n) is 2.69. The highest BCUT2D eigenvalue weighted by atomic mass is 19.1. The number of ether oxygens (including phenoxy) is 1. The van der Waals surface area contributed by atoms with Crippen LogP contribution in [0.3, 0.4) is 0 Å². The zero-order valence-corrected chi connectivity index (χ0v) is 16.9. The van der Waals surface area contributed by atoms with Crippen molar-refractivity contribution in [3.63, 3.8) is 0 Å². The van der Waals surface area contributed by atoms with Gasteiger partial charge in [0.15, 0.2) is 5.82 Å². The summed E-state index contributed by atoms with van der Waals surface area (Å²) in [5, 5.41) is 12.1. The fraction of sp³-hybridized carbons (Fsp3) is 0.136. The van der Waals surface area contributed by atoms with Crippen LogP contribution in [-0.2, 0) is 6.54 Å². The van der Waals surface area contributed by atoms with Gasteiger partial charge in [0.2, 0.25) is 0 Å². The van der Waals surface area contributed by atoms with Crippen molar-refractivity contribution in [2.45, 2.75) is 6.54 Å². The molecule has 0 saturated carbocycles. The Morgan fingerprint density at radius 2 is 1.77 bits per heavy atom. The predicted octanol–water partition coefficient (Wildman–Crippen LogP) is 4.79. The molecule has 1 heterocycles. The Bertz CT molecular complexity index is 1080. The van der Waals surface area contributed by atoms with Crippen LogP contribution >= 0.6 is 0 Å². The maximum absolute atomic E-state index is 14.7. The van der Waals surface area contributed by atoms with E-state index in [9.17, 15) is 19.1 Å². The van der Waals surface area contributed by atoms with E-state index in [1.807, 2.05) is 6.07 Å². The number of nitrogens with zero attached hydrogens (tertiary/aromatic N) is 3. The van der Waals surface area contributed by atoms with Crippen LogP contribution < -0.4 is 15.0 Å². The highest BCUT2D eigenvalue weighted by Gasteiger charge is 2.19. The molecule has 0 aliphatic heterocycles. The topological polar surface area (TPSA) is 95.0 Å². The maximum Gasteiger partial charge on any atom is 0.412 e. The van der Waals surface area contributed by atoms with Gasteiger partial charge >= 0.3 is 12.1 Å². The average molecular weight is 424 g/mol. The van der Waals surface area contributed by atoms with Crippen molar-refractivity contribution in [3.05, 3.63) is 78.2 Å². The fourth-order valence-corrected chi connectivity index (χ4v) is 2.69. The Morgan fingerprint density at radius 1 is 1.06 bits per heavy atom. The summed E-state index contributed by atoms with van der Waals surface area (Å²) in [6, 6.07) is 15.5. The number of rotatable bonds is 6. The molecular weight excluding hydrogens is 403 g/mol. The standard InChI is InChI=1S/C22H21FN4O4/c1-26(2)21(28)25-20-13-17(10-11-24-20)31-16-8-9-19(18(23)12-16)27(22(29)30)14-15-6-4-3-5-7-15/h3-13H,14H2,1-2H3,(H,29,30)(H,24,25,28). The van der Waals surface area contributed by atoms with Gasteiger partial charge in [0.25, 0.3) is 0 Å². The molecule has 0 unspecified atom stereocenters. The number of anilines is 2. The first kappa shape index (κ1) is 21.6. The van der Waals surface area contributed by atoms with E-state index in [0.29, 0.717) is 5.75 Å². The van der Waals surface area contributed by atoms with Gasteiger partial charge in [-0.1, -0.05) is 30.3 Å². The number of halogens is 1. The van der Waals surface area contributed by atoms with E-state index in [4.69, 9.17) is 4.74 Å². The molecule has 9 heteroatoms. The quantitative estimate of drug-likeness (QED) is 0.593. The van der Waals surface area contributed by atoms with Crippen LogP contribution in [0, 0.1) is 5.82 Å². The molecule has 31 heavy (non-hydrogen) atoms. The molecule has 2 N–H and O–H groups in total. The normalized spacial score (nSPS) is 10.3. The molecule has 0 spiro atoms. The molecule has 3 rings (SSSR count). The minimum absolute atomic E-state index is 0.00653. The minimum Gasteiger partial charge on any atom is -0.465 e. The van der Waals surface area contributed by atoms with Crippen molar-refractivity contribution in [1.29, 1.82) is 0 Å². The monoisotopic (exact) mass is 424 g/mol. The lowest BCUT2D eigenvalue weighted by Gasteiger charge is -2.20. The molecule has 3 aromatic rings. The molecule has 160 valence electrons. The van der Waals surface area contributed by atoms with Crippen LogP contribution in [0.4, 0.5) is 25.5 Å². The maximum atomic E-state index is 14.7. The number of urea groups is 1. The summed E-state index contributed by atoms with van der Waals surface area (Å²) in [7, 11) is 3.19. The molecule has 0 fully saturated rings. The second-order valence-electron chi connectivity index (χ2n) is 6.77. The number of hydrogen-bond donors (Lipinski definition) is 2. The Labute approximate surface area is 178 Å². The summed E-state index contributed by atoms with van der Waals surface area (Å²) in [5.41, 5.74) is 0.645. The van der Waals surface area contributed by atoms with Gasteiger partial charge in [0.05, 0.1) is 12.2 Å². The van der Waals surface area contributed by atoms with E-state index in [1.54, 1.807) is 44.4 Å². The highest BCUT2D eigenvalue weighted by molar-refractivity contribution is 5.88. The molecule has 0 radical (unpaired) electrons. The number of pyridine rings is 1. The molecule has 0 bridgehead atoms. The lowest BCUT2D eigenvalue weighted by Crippen LogP contribution is -2.29. The van der Waals surface area contributed by atoms with Crippen LogP contribution in [-0.4, -0.2) is 41.2 Å². The third kappa shape index (κ3) is 5.69. The Morgan fingerprint density at radius 3 is 2.42 bits per heavy atom. The van der Waals surface area contributed by atoms with Gasteiger partial charge in [0, 0.05) is 32.4 Å². The molecule has 1 aromatic heterocycles. The van der Waals surface area contributed by atoms with Crippen LogP contribution in [0.2, 0.25) is 0 Å². The molecule has 3 amide bonds. The summed E-state index contributed by atoms with van der Waals surface area (Å²) in [6.45, 7) is 0.00653. The van der Waals surface area contributed by atoms with Gasteiger partial charge in [-0.3, -0.25) is 10.2 Å². The van der Waals surface area contributed by atoms with E-state index < -0.39 is 11.9 Å². The first-order valence-corrected chi connectivity index (χ1v) is 9.29. The Balaban J connectivity index is 1.77. The Hall–Kier alpha value is -4.14. The molecule has 2 aromatic carbocycles. The number of nitrogens with one attached hydrogen (secondary N) is 1. The number of aromatic nitrogens is 1. The minimum atomic E-state index is -1.27. The summed E-state index contributed by atoms with van der Waals surface area (Å²) >= 11 is 0. The van der Waals surface area contributed by atoms with Gasteiger partial charge in [-0.05, 0) is 23.8 Å². The zero-order valence-electron chi connectivity index (χ0n) is 16.9. The average Bonchev–Trinajstić information content (AvgIpc) is 2.73. The lowest BCUT2D eigenvalue weighted by molar-refractivity contribution is 0.201. The number of carbonyl (C=O) groups excluding carboxylic acids is 1. The van der Waals surface area contributed by atoms with E-state index in [-0.39, 0.29) is 29.8 Å². The van der Waals surface area contributed by atoms with E-state index in [0.717, 1.165) is 16.5 Å². The Kier molecular flexibility index (Phi) is 6.66. The summed E-state index contributed by atoms with van der Waals surface area (Å²) in [4.78, 5) is 29.7. The number of carboxylic acid groups (broad SMARTS) is 1. The molecule has 8 nitrogen and oxygen atoms in total. The SMILES string of the molecule is CN(C)C(=O)Nc1cc(Oc2ccc(N(Cc3ccccc3)C(=O)O)c(F)c2)ccn1. The molecule has 0 atom stereocenters. The molecule has 0 aliphatic carbocycles. The van der Waals surface area contributed by atoms with Crippen molar-refractivity contribution in [3.8, 4) is 11.5 Å². The first-order valence-electron chi connectivity index (χ1n) is 9.29. The summed E-state index contributed by atoms with van der Waals surface area (Å²) in [5.74, 6) is 0.0252. The molecule has 0 saturated heterocycles. The number of hydrogen-bond acceptors (Lipinski definition) is 4. The number of carbonyl (C=O) groups is 2. The number of benzene rings is 2. The number of amides is 3. The van der Waals surface area contributed by atoms with Crippen molar-refractivity contribution in [2.24, 2.45) is 0 Å². The van der Waals surface area contributed by atoms with Crippen molar-refractivity contribution in [2.75, 3.05) is 24.3 Å². The van der Waals surface area contributed by atoms with Crippen LogP contribution in [0.5, 0.6) is 11.5 Å². The van der Waals surface area contributed by atoms with Crippen molar-refractivity contribution >= 4 is 23.6 Å². The zero-order chi connectivity index (χ0) is 22.4. The van der Waals surface area contributed by atoms with Crippen LogP contribution in [0.25, 0.3) is 0 Å². The summed E-state index contributed by atoms with van der Waals surface area (Å²) in [6.07, 6.45) is 0.170. The third-order valence-electron chi connectivity index (χ3n) is 4.23. The van der Waals surface area contributed by atoms with Gasteiger partial charge in [-0.15, -0.1) is 0 Å². The van der Waals surface area contributed by atoms with Gasteiger partial charge < -0.3 is 14.7 Å². The largest absolute Gasteiger partial charge is 0.465 e. The molecular formula is C22H21FN4O4. The van der Waals surface area contributed by atoms with Gasteiger partial charge in [-0.2, -0.15) is 0 Å². The van der Waals surface area contributed by atoms with E-state index >= 15 is 0 Å². The molecule has 0 aliphatic rings. The second-order valence-corrected chi connectivity index (χ2v) is 6.77. The second kappa shape index (κ2) is 9.57. The third-order valence-corrected chi connectivity index (χ3v) is 4.23. The first-order chi connectivity index (χ1) is 14.8. The van der Waals surface area contributed by atoms with Crippen molar-refractivity contribution < 1.29 is 23.8 Å². The van der Waals surface area contributed by atoms with Crippen LogP contribution in [0.1, 0.15) is 5.56 Å². The van der Waals surface area contributed by atoms with E-state index in [2.05, 4.69) is 10.3 Å². The highest BCUT2D eigenvalue weighted by Crippen LogP contribution is 2.29. The van der Waals surface area contributed by atoms with E-state index in [1.165, 1.54) is 29.3 Å².